The molecule has 0 amide bonds. The summed E-state index contributed by atoms with van der Waals surface area (Å²) in [5, 5.41) is 0. The minimum atomic E-state index is 0.0973. The van der Waals surface area contributed by atoms with Gasteiger partial charge < -0.3 is 14.9 Å². The molecular weight excluding hydrogens is 142 g/mol. The van der Waals surface area contributed by atoms with Crippen LogP contribution in [-0.4, -0.2) is 12.6 Å². The van der Waals surface area contributed by atoms with Crippen LogP contribution in [0.15, 0.2) is 22.8 Å². The molecule has 0 saturated carbocycles. The lowest BCUT2D eigenvalue weighted by atomic mass is 10.4. The molecule has 0 aliphatic rings. The third-order valence-corrected chi connectivity index (χ3v) is 1.42. The maximum atomic E-state index is 5.36. The van der Waals surface area contributed by atoms with E-state index in [1.165, 1.54) is 0 Å². The Kier molecular flexibility index (Phi) is 3.14. The van der Waals surface area contributed by atoms with E-state index in [1.54, 1.807) is 6.26 Å². The Morgan fingerprint density at radius 3 is 3.09 bits per heavy atom. The highest BCUT2D eigenvalue weighted by Crippen LogP contribution is 2.03. The monoisotopic (exact) mass is 155 g/mol. The number of furan rings is 1. The van der Waals surface area contributed by atoms with Gasteiger partial charge in [-0.2, -0.15) is 0 Å². The number of hydrogen-bond donors (Lipinski definition) is 1. The molecule has 1 aromatic heterocycles. The molecule has 1 atom stereocenters. The first-order chi connectivity index (χ1) is 5.33. The van der Waals surface area contributed by atoms with Gasteiger partial charge in [-0.15, -0.1) is 0 Å². The highest BCUT2D eigenvalue weighted by Gasteiger charge is 2.00. The van der Waals surface area contributed by atoms with Gasteiger partial charge in [-0.1, -0.05) is 0 Å². The Hall–Kier alpha value is -0.800. The molecule has 1 rings (SSSR count). The molecule has 0 fully saturated rings. The van der Waals surface area contributed by atoms with E-state index < -0.39 is 0 Å². The van der Waals surface area contributed by atoms with Crippen molar-refractivity contribution in [2.75, 3.05) is 6.54 Å². The maximum absolute atomic E-state index is 5.36. The van der Waals surface area contributed by atoms with Gasteiger partial charge in [-0.25, -0.2) is 0 Å². The summed E-state index contributed by atoms with van der Waals surface area (Å²) in [6.07, 6.45) is 1.73. The Balaban J connectivity index is 2.23. The van der Waals surface area contributed by atoms with Crippen LogP contribution in [0.4, 0.5) is 0 Å². The van der Waals surface area contributed by atoms with Crippen molar-refractivity contribution in [3.63, 3.8) is 0 Å². The van der Waals surface area contributed by atoms with Crippen LogP contribution in [-0.2, 0) is 11.3 Å². The van der Waals surface area contributed by atoms with Crippen LogP contribution in [0.3, 0.4) is 0 Å². The van der Waals surface area contributed by atoms with E-state index in [4.69, 9.17) is 14.9 Å². The SMILES string of the molecule is CC(CN)OCc1ccco1. The Labute approximate surface area is 66.1 Å². The zero-order chi connectivity index (χ0) is 8.10. The summed E-state index contributed by atoms with van der Waals surface area (Å²) in [6.45, 7) is 2.98. The fourth-order valence-electron chi connectivity index (χ4n) is 0.687. The highest BCUT2D eigenvalue weighted by atomic mass is 16.5. The van der Waals surface area contributed by atoms with Gasteiger partial charge in [0.1, 0.15) is 12.4 Å². The van der Waals surface area contributed by atoms with E-state index in [1.807, 2.05) is 19.1 Å². The summed E-state index contributed by atoms with van der Waals surface area (Å²) >= 11 is 0. The van der Waals surface area contributed by atoms with Crippen molar-refractivity contribution in [2.24, 2.45) is 5.73 Å². The van der Waals surface area contributed by atoms with Crippen LogP contribution in [0, 0.1) is 0 Å². The standard InChI is InChI=1S/C8H13NO2/c1-7(5-9)11-6-8-3-2-4-10-8/h2-4,7H,5-6,9H2,1H3. The summed E-state index contributed by atoms with van der Waals surface area (Å²) < 4.78 is 10.4. The first-order valence-corrected chi connectivity index (χ1v) is 3.67. The third-order valence-electron chi connectivity index (χ3n) is 1.42. The van der Waals surface area contributed by atoms with Gasteiger partial charge in [-0.3, -0.25) is 0 Å². The molecule has 1 heterocycles. The summed E-state index contributed by atoms with van der Waals surface area (Å²) in [7, 11) is 0. The minimum Gasteiger partial charge on any atom is -0.467 e. The number of ether oxygens (including phenoxy) is 1. The molecule has 0 spiro atoms. The Bertz CT molecular complexity index is 184. The summed E-state index contributed by atoms with van der Waals surface area (Å²) in [6, 6.07) is 3.72. The van der Waals surface area contributed by atoms with Gasteiger partial charge in [0.2, 0.25) is 0 Å². The van der Waals surface area contributed by atoms with E-state index in [-0.39, 0.29) is 6.10 Å². The van der Waals surface area contributed by atoms with Gasteiger partial charge in [0.25, 0.3) is 0 Å². The number of nitrogens with two attached hydrogens (primary N) is 1. The quantitative estimate of drug-likeness (QED) is 0.709. The smallest absolute Gasteiger partial charge is 0.129 e. The third kappa shape index (κ3) is 2.74. The largest absolute Gasteiger partial charge is 0.467 e. The molecular formula is C8H13NO2. The molecule has 0 radical (unpaired) electrons. The minimum absolute atomic E-state index is 0.0973. The first kappa shape index (κ1) is 8.30. The molecule has 0 bridgehead atoms. The lowest BCUT2D eigenvalue weighted by Gasteiger charge is -2.07. The van der Waals surface area contributed by atoms with E-state index in [0.29, 0.717) is 13.2 Å². The van der Waals surface area contributed by atoms with E-state index in [2.05, 4.69) is 0 Å². The second-order valence-electron chi connectivity index (χ2n) is 2.44. The maximum Gasteiger partial charge on any atom is 0.129 e. The average Bonchev–Trinajstić information content (AvgIpc) is 2.52. The van der Waals surface area contributed by atoms with Gasteiger partial charge in [0, 0.05) is 6.54 Å². The number of rotatable bonds is 4. The molecule has 0 saturated heterocycles. The van der Waals surface area contributed by atoms with Crippen molar-refractivity contribution in [2.45, 2.75) is 19.6 Å². The van der Waals surface area contributed by atoms with Gasteiger partial charge in [-0.05, 0) is 19.1 Å². The van der Waals surface area contributed by atoms with Crippen molar-refractivity contribution in [1.82, 2.24) is 0 Å². The number of hydrogen-bond acceptors (Lipinski definition) is 3. The molecule has 3 nitrogen and oxygen atoms in total. The van der Waals surface area contributed by atoms with E-state index >= 15 is 0 Å². The molecule has 0 aliphatic heterocycles. The fraction of sp³-hybridized carbons (Fsp3) is 0.500. The predicted octanol–water partition coefficient (Wildman–Crippen LogP) is 1.14. The second kappa shape index (κ2) is 4.16. The molecule has 0 aliphatic carbocycles. The van der Waals surface area contributed by atoms with Crippen LogP contribution in [0.25, 0.3) is 0 Å². The Morgan fingerprint density at radius 2 is 2.55 bits per heavy atom. The molecule has 1 aromatic rings. The molecule has 3 heteroatoms. The van der Waals surface area contributed by atoms with Crippen molar-refractivity contribution in [3.05, 3.63) is 24.2 Å². The van der Waals surface area contributed by atoms with Crippen LogP contribution >= 0.6 is 0 Å². The second-order valence-corrected chi connectivity index (χ2v) is 2.44. The van der Waals surface area contributed by atoms with Crippen LogP contribution < -0.4 is 5.73 Å². The van der Waals surface area contributed by atoms with Crippen LogP contribution in [0.1, 0.15) is 12.7 Å². The molecule has 0 aromatic carbocycles. The van der Waals surface area contributed by atoms with Crippen molar-refractivity contribution >= 4 is 0 Å². The zero-order valence-electron chi connectivity index (χ0n) is 6.62. The first-order valence-electron chi connectivity index (χ1n) is 3.67. The molecule has 62 valence electrons. The summed E-state index contributed by atoms with van der Waals surface area (Å²) in [5.74, 6) is 0.838. The fourth-order valence-corrected chi connectivity index (χ4v) is 0.687. The average molecular weight is 155 g/mol. The van der Waals surface area contributed by atoms with Crippen LogP contribution in [0.2, 0.25) is 0 Å². The van der Waals surface area contributed by atoms with Gasteiger partial charge in [0.15, 0.2) is 0 Å². The highest BCUT2D eigenvalue weighted by molar-refractivity contribution is 4.96. The normalized spacial score (nSPS) is 13.3. The van der Waals surface area contributed by atoms with Crippen molar-refractivity contribution < 1.29 is 9.15 Å². The topological polar surface area (TPSA) is 48.4 Å². The predicted molar refractivity (Wildman–Crippen MR) is 42.0 cm³/mol. The van der Waals surface area contributed by atoms with Gasteiger partial charge >= 0.3 is 0 Å². The van der Waals surface area contributed by atoms with Crippen LogP contribution in [0.5, 0.6) is 0 Å². The van der Waals surface area contributed by atoms with Gasteiger partial charge in [0.05, 0.1) is 12.4 Å². The Morgan fingerprint density at radius 1 is 1.73 bits per heavy atom. The molecule has 11 heavy (non-hydrogen) atoms. The summed E-state index contributed by atoms with van der Waals surface area (Å²) in [5.41, 5.74) is 5.36. The molecule has 1 unspecified atom stereocenters. The van der Waals surface area contributed by atoms with E-state index in [0.717, 1.165) is 5.76 Å². The molecule has 2 N–H and O–H groups in total. The lowest BCUT2D eigenvalue weighted by molar-refractivity contribution is 0.0483. The zero-order valence-corrected chi connectivity index (χ0v) is 6.62. The van der Waals surface area contributed by atoms with Crippen molar-refractivity contribution in [3.8, 4) is 0 Å². The lowest BCUT2D eigenvalue weighted by Crippen LogP contribution is -2.19. The van der Waals surface area contributed by atoms with E-state index in [9.17, 15) is 0 Å². The summed E-state index contributed by atoms with van der Waals surface area (Å²) in [4.78, 5) is 0. The van der Waals surface area contributed by atoms with Crippen molar-refractivity contribution in [1.29, 1.82) is 0 Å².